The molecule has 0 aliphatic heterocycles. The van der Waals surface area contributed by atoms with E-state index in [-0.39, 0.29) is 0 Å². The number of benzene rings is 3. The van der Waals surface area contributed by atoms with Crippen LogP contribution in [0.4, 0.5) is 0 Å². The lowest BCUT2D eigenvalue weighted by atomic mass is 10.0. The first-order chi connectivity index (χ1) is 10.4. The normalized spacial score (nSPS) is 9.86. The highest BCUT2D eigenvalue weighted by molar-refractivity contribution is 5.70. The highest BCUT2D eigenvalue weighted by Gasteiger charge is 2.01. The molecule has 0 aliphatic rings. The molecule has 2 heteroatoms. The van der Waals surface area contributed by atoms with E-state index in [9.17, 15) is 0 Å². The Kier molecular flexibility index (Phi) is 3.66. The third-order valence-electron chi connectivity index (χ3n) is 3.34. The molecule has 3 rings (SSSR count). The topological polar surface area (TPSA) is 33.0 Å². The SMILES string of the molecule is N#COc1ccc(-c2ccc(-c3ccccc3)cc2)cc1. The van der Waals surface area contributed by atoms with Crippen molar-refractivity contribution < 1.29 is 4.74 Å². The van der Waals surface area contributed by atoms with Crippen LogP contribution in [0.25, 0.3) is 22.3 Å². The van der Waals surface area contributed by atoms with Gasteiger partial charge < -0.3 is 4.74 Å². The summed E-state index contributed by atoms with van der Waals surface area (Å²) in [5.74, 6) is 0.558. The Balaban J connectivity index is 1.86. The summed E-state index contributed by atoms with van der Waals surface area (Å²) in [6.45, 7) is 0. The van der Waals surface area contributed by atoms with Crippen LogP contribution in [0.15, 0.2) is 78.9 Å². The maximum atomic E-state index is 8.47. The van der Waals surface area contributed by atoms with E-state index in [2.05, 4.69) is 36.4 Å². The molecule has 2 nitrogen and oxygen atoms in total. The molecular weight excluding hydrogens is 258 g/mol. The highest BCUT2D eigenvalue weighted by Crippen LogP contribution is 2.26. The van der Waals surface area contributed by atoms with Crippen LogP contribution < -0.4 is 4.74 Å². The van der Waals surface area contributed by atoms with E-state index in [0.29, 0.717) is 5.75 Å². The summed E-state index contributed by atoms with van der Waals surface area (Å²) < 4.78 is 4.78. The molecule has 3 aromatic carbocycles. The van der Waals surface area contributed by atoms with Crippen molar-refractivity contribution >= 4 is 0 Å². The van der Waals surface area contributed by atoms with Gasteiger partial charge in [-0.2, -0.15) is 0 Å². The van der Waals surface area contributed by atoms with Gasteiger partial charge in [0.2, 0.25) is 0 Å². The van der Waals surface area contributed by atoms with Crippen molar-refractivity contribution in [3.05, 3.63) is 78.9 Å². The zero-order chi connectivity index (χ0) is 14.5. The van der Waals surface area contributed by atoms with Crippen molar-refractivity contribution in [1.82, 2.24) is 0 Å². The molecule has 21 heavy (non-hydrogen) atoms. The highest BCUT2D eigenvalue weighted by atomic mass is 16.5. The maximum absolute atomic E-state index is 8.47. The summed E-state index contributed by atoms with van der Waals surface area (Å²) in [6, 6.07) is 26.2. The standard InChI is InChI=1S/C19H13NO/c20-14-21-19-12-10-18(11-13-19)17-8-6-16(7-9-17)15-4-2-1-3-5-15/h1-13H. The number of nitrogens with zero attached hydrogens (tertiary/aromatic N) is 1. The van der Waals surface area contributed by atoms with Crippen LogP contribution in [-0.2, 0) is 0 Å². The minimum atomic E-state index is 0.558. The van der Waals surface area contributed by atoms with Gasteiger partial charge in [-0.25, -0.2) is 0 Å². The minimum absolute atomic E-state index is 0.558. The molecule has 0 aliphatic carbocycles. The van der Waals surface area contributed by atoms with Crippen molar-refractivity contribution in [2.75, 3.05) is 0 Å². The van der Waals surface area contributed by atoms with E-state index in [4.69, 9.17) is 10.00 Å². The van der Waals surface area contributed by atoms with Crippen molar-refractivity contribution in [2.45, 2.75) is 0 Å². The Bertz CT molecular complexity index is 753. The molecule has 0 radical (unpaired) electrons. The summed E-state index contributed by atoms with van der Waals surface area (Å²) in [6.07, 6.45) is 1.67. The monoisotopic (exact) mass is 271 g/mol. The summed E-state index contributed by atoms with van der Waals surface area (Å²) in [7, 11) is 0. The molecule has 0 aromatic heterocycles. The van der Waals surface area contributed by atoms with Crippen LogP contribution in [0, 0.1) is 11.5 Å². The Hall–Kier alpha value is -3.05. The predicted molar refractivity (Wildman–Crippen MR) is 83.6 cm³/mol. The van der Waals surface area contributed by atoms with Crippen LogP contribution >= 0.6 is 0 Å². The van der Waals surface area contributed by atoms with E-state index < -0.39 is 0 Å². The Morgan fingerprint density at radius 1 is 0.571 bits per heavy atom. The number of ether oxygens (including phenoxy) is 1. The van der Waals surface area contributed by atoms with Crippen molar-refractivity contribution in [2.24, 2.45) is 0 Å². The molecule has 3 aromatic rings. The van der Waals surface area contributed by atoms with Gasteiger partial charge >= 0.3 is 0 Å². The summed E-state index contributed by atoms with van der Waals surface area (Å²) in [4.78, 5) is 0. The van der Waals surface area contributed by atoms with Gasteiger partial charge in [0.1, 0.15) is 5.75 Å². The predicted octanol–water partition coefficient (Wildman–Crippen LogP) is 4.88. The first-order valence-electron chi connectivity index (χ1n) is 6.69. The molecule has 0 unspecified atom stereocenters. The molecule has 0 amide bonds. The van der Waals surface area contributed by atoms with Gasteiger partial charge in [-0.05, 0) is 34.4 Å². The van der Waals surface area contributed by atoms with Gasteiger partial charge in [0, 0.05) is 0 Å². The van der Waals surface area contributed by atoms with Gasteiger partial charge in [-0.1, -0.05) is 66.7 Å². The zero-order valence-corrected chi connectivity index (χ0v) is 11.4. The lowest BCUT2D eigenvalue weighted by Crippen LogP contribution is -1.83. The van der Waals surface area contributed by atoms with Gasteiger partial charge in [-0.3, -0.25) is 0 Å². The first-order valence-corrected chi connectivity index (χ1v) is 6.69. The number of hydrogen-bond acceptors (Lipinski definition) is 2. The molecule has 0 bridgehead atoms. The van der Waals surface area contributed by atoms with E-state index in [1.807, 2.05) is 30.3 Å². The first kappa shape index (κ1) is 13.0. The third kappa shape index (κ3) is 2.93. The van der Waals surface area contributed by atoms with Crippen molar-refractivity contribution in [3.63, 3.8) is 0 Å². The largest absolute Gasteiger partial charge is 0.388 e. The quantitative estimate of drug-likeness (QED) is 0.636. The molecule has 0 fully saturated rings. The van der Waals surface area contributed by atoms with E-state index >= 15 is 0 Å². The number of rotatable bonds is 3. The average Bonchev–Trinajstić information content (AvgIpc) is 2.57. The minimum Gasteiger partial charge on any atom is -0.388 e. The Labute approximate surface area is 123 Å². The molecular formula is C19H13NO. The molecule has 0 atom stereocenters. The van der Waals surface area contributed by atoms with Crippen molar-refractivity contribution in [1.29, 1.82) is 5.26 Å². The van der Waals surface area contributed by atoms with Crippen LogP contribution in [0.2, 0.25) is 0 Å². The summed E-state index contributed by atoms with van der Waals surface area (Å²) >= 11 is 0. The molecule has 0 N–H and O–H groups in total. The second-order valence-corrected chi connectivity index (χ2v) is 4.66. The average molecular weight is 271 g/mol. The third-order valence-corrected chi connectivity index (χ3v) is 3.34. The van der Waals surface area contributed by atoms with E-state index in [1.54, 1.807) is 18.4 Å². The van der Waals surface area contributed by atoms with Crippen LogP contribution in [0.1, 0.15) is 0 Å². The summed E-state index contributed by atoms with van der Waals surface area (Å²) in [5.41, 5.74) is 4.64. The van der Waals surface area contributed by atoms with Gasteiger partial charge in [-0.15, -0.1) is 5.26 Å². The van der Waals surface area contributed by atoms with Crippen LogP contribution in [-0.4, -0.2) is 0 Å². The summed E-state index contributed by atoms with van der Waals surface area (Å²) in [5, 5.41) is 8.47. The van der Waals surface area contributed by atoms with E-state index in [1.165, 1.54) is 11.1 Å². The van der Waals surface area contributed by atoms with Crippen molar-refractivity contribution in [3.8, 4) is 34.3 Å². The number of nitriles is 1. The van der Waals surface area contributed by atoms with E-state index in [0.717, 1.165) is 11.1 Å². The smallest absolute Gasteiger partial charge is 0.292 e. The number of hydrogen-bond donors (Lipinski definition) is 0. The zero-order valence-electron chi connectivity index (χ0n) is 11.4. The fourth-order valence-electron chi connectivity index (χ4n) is 2.25. The lowest BCUT2D eigenvalue weighted by molar-refractivity contribution is 0.507. The lowest BCUT2D eigenvalue weighted by Gasteiger charge is -2.05. The van der Waals surface area contributed by atoms with Gasteiger partial charge in [0.15, 0.2) is 0 Å². The molecule has 100 valence electrons. The molecule has 0 heterocycles. The van der Waals surface area contributed by atoms with Gasteiger partial charge in [0.05, 0.1) is 0 Å². The molecule has 0 spiro atoms. The van der Waals surface area contributed by atoms with Crippen LogP contribution in [0.5, 0.6) is 5.75 Å². The Morgan fingerprint density at radius 3 is 1.48 bits per heavy atom. The maximum Gasteiger partial charge on any atom is 0.292 e. The fourth-order valence-corrected chi connectivity index (χ4v) is 2.25. The fraction of sp³-hybridized carbons (Fsp3) is 0. The second-order valence-electron chi connectivity index (χ2n) is 4.66. The van der Waals surface area contributed by atoms with Gasteiger partial charge in [0.25, 0.3) is 6.26 Å². The second kappa shape index (κ2) is 5.94. The Morgan fingerprint density at radius 2 is 1.00 bits per heavy atom. The van der Waals surface area contributed by atoms with Crippen LogP contribution in [0.3, 0.4) is 0 Å². The molecule has 0 saturated carbocycles. The molecule has 0 saturated heterocycles.